The third-order valence-corrected chi connectivity index (χ3v) is 2.11. The second-order valence-corrected chi connectivity index (χ2v) is 5.00. The molecule has 1 N–H and O–H groups in total. The third kappa shape index (κ3) is 4.68. The fourth-order valence-corrected chi connectivity index (χ4v) is 1.55. The molecule has 0 unspecified atom stereocenters. The van der Waals surface area contributed by atoms with Crippen molar-refractivity contribution < 1.29 is 14.3 Å². The summed E-state index contributed by atoms with van der Waals surface area (Å²) in [5.41, 5.74) is -0.182. The summed E-state index contributed by atoms with van der Waals surface area (Å²) in [5.74, 6) is -0.145. The van der Waals surface area contributed by atoms with Gasteiger partial charge in [-0.2, -0.15) is 5.26 Å². The number of amides is 1. The first-order valence-electron chi connectivity index (χ1n) is 5.43. The molecule has 0 radical (unpaired) electrons. The predicted octanol–water partition coefficient (Wildman–Crippen LogP) is 1.69. The van der Waals surface area contributed by atoms with Crippen molar-refractivity contribution in [2.24, 2.45) is 0 Å². The van der Waals surface area contributed by atoms with Gasteiger partial charge in [-0.25, -0.2) is 4.79 Å². The molecule has 0 spiro atoms. The summed E-state index contributed by atoms with van der Waals surface area (Å²) in [6.07, 6.45) is 1.36. The Hall–Kier alpha value is -1.83. The zero-order valence-electron chi connectivity index (χ0n) is 10.2. The molecule has 0 fully saturated rings. The number of carbonyl (C=O) groups excluding carboxylic acids is 2. The van der Waals surface area contributed by atoms with Gasteiger partial charge in [-0.3, -0.25) is 4.79 Å². The number of nitrogens with one attached hydrogen (secondary N) is 1. The molecule has 0 aromatic rings. The van der Waals surface area contributed by atoms with Crippen LogP contribution >= 0.6 is 0 Å². The number of ether oxygens (including phenoxy) is 1. The standard InChI is InChI=1S/C12H16N2O3/c1-12(2,3)17-11(16)14-9-4-8(7-13)5-10(15)6-9/h5,9H,4,6H2,1-3H3,(H,14,16)/t9-/m0/s1. The van der Waals surface area contributed by atoms with E-state index in [2.05, 4.69) is 5.32 Å². The molecule has 0 aromatic heterocycles. The molecule has 1 rings (SSSR count). The lowest BCUT2D eigenvalue weighted by Crippen LogP contribution is -2.41. The van der Waals surface area contributed by atoms with Gasteiger partial charge in [0.25, 0.3) is 0 Å². The van der Waals surface area contributed by atoms with Gasteiger partial charge >= 0.3 is 6.09 Å². The van der Waals surface area contributed by atoms with Crippen molar-refractivity contribution in [3.05, 3.63) is 11.6 Å². The average molecular weight is 236 g/mol. The molecular weight excluding hydrogens is 220 g/mol. The number of rotatable bonds is 1. The van der Waals surface area contributed by atoms with Crippen LogP contribution in [0.4, 0.5) is 4.79 Å². The Morgan fingerprint density at radius 2 is 2.18 bits per heavy atom. The summed E-state index contributed by atoms with van der Waals surface area (Å²) in [6.45, 7) is 5.29. The van der Waals surface area contributed by atoms with E-state index in [1.54, 1.807) is 20.8 Å². The van der Waals surface area contributed by atoms with Crippen LogP contribution in [0.2, 0.25) is 0 Å². The summed E-state index contributed by atoms with van der Waals surface area (Å²) in [6, 6.07) is 1.58. The van der Waals surface area contributed by atoms with Gasteiger partial charge in [-0.1, -0.05) is 0 Å². The van der Waals surface area contributed by atoms with Crippen molar-refractivity contribution in [1.82, 2.24) is 5.32 Å². The third-order valence-electron chi connectivity index (χ3n) is 2.11. The highest BCUT2D eigenvalue weighted by atomic mass is 16.6. The van der Waals surface area contributed by atoms with E-state index in [9.17, 15) is 9.59 Å². The number of hydrogen-bond donors (Lipinski definition) is 1. The minimum absolute atomic E-state index is 0.145. The van der Waals surface area contributed by atoms with Crippen LogP contribution in [-0.4, -0.2) is 23.5 Å². The van der Waals surface area contributed by atoms with Crippen molar-refractivity contribution in [2.75, 3.05) is 0 Å². The summed E-state index contributed by atoms with van der Waals surface area (Å²) in [4.78, 5) is 22.8. The zero-order chi connectivity index (χ0) is 13.1. The van der Waals surface area contributed by atoms with Gasteiger partial charge in [0.15, 0.2) is 5.78 Å². The number of ketones is 1. The Kier molecular flexibility index (Phi) is 3.89. The lowest BCUT2D eigenvalue weighted by atomic mass is 9.95. The Balaban J connectivity index is 2.55. The molecule has 0 saturated heterocycles. The Labute approximate surface area is 100 Å². The molecule has 1 atom stereocenters. The van der Waals surface area contributed by atoms with Crippen molar-refractivity contribution >= 4 is 11.9 Å². The maximum atomic E-state index is 11.5. The molecule has 1 aliphatic carbocycles. The summed E-state index contributed by atoms with van der Waals surface area (Å²) >= 11 is 0. The van der Waals surface area contributed by atoms with Gasteiger partial charge in [0.2, 0.25) is 0 Å². The second-order valence-electron chi connectivity index (χ2n) is 5.00. The number of hydrogen-bond acceptors (Lipinski definition) is 4. The van der Waals surface area contributed by atoms with Crippen LogP contribution in [0, 0.1) is 11.3 Å². The molecule has 0 aliphatic heterocycles. The fraction of sp³-hybridized carbons (Fsp3) is 0.583. The van der Waals surface area contributed by atoms with E-state index in [1.807, 2.05) is 6.07 Å². The molecule has 0 aromatic carbocycles. The summed E-state index contributed by atoms with van der Waals surface area (Å²) < 4.78 is 5.08. The van der Waals surface area contributed by atoms with E-state index >= 15 is 0 Å². The van der Waals surface area contributed by atoms with Gasteiger partial charge in [-0.15, -0.1) is 0 Å². The topological polar surface area (TPSA) is 79.2 Å². The van der Waals surface area contributed by atoms with Crippen molar-refractivity contribution in [3.63, 3.8) is 0 Å². The smallest absolute Gasteiger partial charge is 0.407 e. The van der Waals surface area contributed by atoms with E-state index < -0.39 is 11.7 Å². The normalized spacial score (nSPS) is 20.2. The molecule has 1 aliphatic rings. The molecule has 5 heteroatoms. The van der Waals surface area contributed by atoms with Crippen molar-refractivity contribution in [3.8, 4) is 6.07 Å². The first-order chi connectivity index (χ1) is 7.80. The quantitative estimate of drug-likeness (QED) is 0.751. The number of nitriles is 1. The first-order valence-corrected chi connectivity index (χ1v) is 5.43. The van der Waals surface area contributed by atoms with E-state index in [0.717, 1.165) is 0 Å². The molecule has 17 heavy (non-hydrogen) atoms. The monoisotopic (exact) mass is 236 g/mol. The SMILES string of the molecule is CC(C)(C)OC(=O)N[C@@H]1CC(=O)C=C(C#N)C1. The van der Waals surface area contributed by atoms with Gasteiger partial charge in [0.1, 0.15) is 5.60 Å². The van der Waals surface area contributed by atoms with Crippen LogP contribution < -0.4 is 5.32 Å². The lowest BCUT2D eigenvalue weighted by Gasteiger charge is -2.24. The van der Waals surface area contributed by atoms with Crippen LogP contribution in [-0.2, 0) is 9.53 Å². The zero-order valence-corrected chi connectivity index (χ0v) is 10.2. The molecular formula is C12H16N2O3. The van der Waals surface area contributed by atoms with Crippen LogP contribution in [0.25, 0.3) is 0 Å². The Morgan fingerprint density at radius 1 is 1.53 bits per heavy atom. The van der Waals surface area contributed by atoms with Gasteiger partial charge in [0.05, 0.1) is 6.07 Å². The van der Waals surface area contributed by atoms with Gasteiger partial charge in [0, 0.05) is 24.5 Å². The minimum atomic E-state index is -0.573. The molecule has 0 heterocycles. The first kappa shape index (κ1) is 13.2. The van der Waals surface area contributed by atoms with Gasteiger partial charge < -0.3 is 10.1 Å². The predicted molar refractivity (Wildman–Crippen MR) is 61.1 cm³/mol. The summed E-state index contributed by atoms with van der Waals surface area (Å²) in [5, 5.41) is 11.3. The van der Waals surface area contributed by atoms with Crippen molar-refractivity contribution in [1.29, 1.82) is 5.26 Å². The summed E-state index contributed by atoms with van der Waals surface area (Å²) in [7, 11) is 0. The van der Waals surface area contributed by atoms with E-state index in [0.29, 0.717) is 12.0 Å². The molecule has 92 valence electrons. The highest BCUT2D eigenvalue weighted by Crippen LogP contribution is 2.16. The number of nitrogens with zero attached hydrogens (tertiary/aromatic N) is 1. The van der Waals surface area contributed by atoms with Crippen molar-refractivity contribution in [2.45, 2.75) is 45.3 Å². The minimum Gasteiger partial charge on any atom is -0.444 e. The lowest BCUT2D eigenvalue weighted by molar-refractivity contribution is -0.115. The van der Waals surface area contributed by atoms with Gasteiger partial charge in [-0.05, 0) is 26.8 Å². The Bertz CT molecular complexity index is 399. The molecule has 1 amide bonds. The fourth-order valence-electron chi connectivity index (χ4n) is 1.55. The van der Waals surface area contributed by atoms with Crippen LogP contribution in [0.3, 0.4) is 0 Å². The Morgan fingerprint density at radius 3 is 2.71 bits per heavy atom. The maximum Gasteiger partial charge on any atom is 0.407 e. The van der Waals surface area contributed by atoms with E-state index in [-0.39, 0.29) is 18.2 Å². The van der Waals surface area contributed by atoms with E-state index in [4.69, 9.17) is 10.00 Å². The number of allylic oxidation sites excluding steroid dienone is 1. The average Bonchev–Trinajstić information content (AvgIpc) is 2.13. The largest absolute Gasteiger partial charge is 0.444 e. The second kappa shape index (κ2) is 5.00. The molecule has 0 saturated carbocycles. The highest BCUT2D eigenvalue weighted by molar-refractivity contribution is 5.92. The maximum absolute atomic E-state index is 11.5. The van der Waals surface area contributed by atoms with Crippen LogP contribution in [0.5, 0.6) is 0 Å². The molecule has 5 nitrogen and oxygen atoms in total. The van der Waals surface area contributed by atoms with E-state index in [1.165, 1.54) is 6.08 Å². The number of carbonyl (C=O) groups is 2. The highest BCUT2D eigenvalue weighted by Gasteiger charge is 2.24. The van der Waals surface area contributed by atoms with Crippen LogP contribution in [0.1, 0.15) is 33.6 Å². The molecule has 0 bridgehead atoms. The van der Waals surface area contributed by atoms with Crippen LogP contribution in [0.15, 0.2) is 11.6 Å². The number of alkyl carbamates (subject to hydrolysis) is 1.